The molecule has 1 heterocycles. The van der Waals surface area contributed by atoms with Gasteiger partial charge in [-0.05, 0) is 43.7 Å². The Morgan fingerprint density at radius 1 is 1.30 bits per heavy atom. The Morgan fingerprint density at radius 3 is 2.77 bits per heavy atom. The normalized spacial score (nSPS) is 18.8. The number of nitrogens with one attached hydrogen (secondary N) is 1. The van der Waals surface area contributed by atoms with Crippen LogP contribution < -0.4 is 14.8 Å². The van der Waals surface area contributed by atoms with Gasteiger partial charge in [-0.25, -0.2) is 0 Å². The number of amides is 1. The zero-order valence-electron chi connectivity index (χ0n) is 16.1. The molecule has 1 aromatic heterocycles. The monoisotopic (exact) mass is 419 g/mol. The Bertz CT molecular complexity index is 926. The van der Waals surface area contributed by atoms with Gasteiger partial charge in [0.05, 0.1) is 36.2 Å². The highest BCUT2D eigenvalue weighted by molar-refractivity contribution is 5.81. The van der Waals surface area contributed by atoms with Crippen LogP contribution in [0.15, 0.2) is 42.6 Å². The smallest absolute Gasteiger partial charge is 0.422 e. The second-order valence-corrected chi connectivity index (χ2v) is 7.11. The quantitative estimate of drug-likeness (QED) is 0.704. The second kappa shape index (κ2) is 9.03. The molecular weight excluding hydrogens is 399 g/mol. The van der Waals surface area contributed by atoms with Crippen molar-refractivity contribution in [3.63, 3.8) is 0 Å². The van der Waals surface area contributed by atoms with E-state index in [0.29, 0.717) is 30.0 Å². The van der Waals surface area contributed by atoms with Crippen molar-refractivity contribution in [2.45, 2.75) is 25.6 Å². The van der Waals surface area contributed by atoms with Crippen LogP contribution in [0.3, 0.4) is 0 Å². The molecule has 1 aromatic carbocycles. The maximum absolute atomic E-state index is 12.4. The number of pyridine rings is 1. The van der Waals surface area contributed by atoms with Gasteiger partial charge in [0.25, 0.3) is 0 Å². The van der Waals surface area contributed by atoms with Gasteiger partial charge >= 0.3 is 6.18 Å². The number of hydrogen-bond donors (Lipinski definition) is 1. The minimum Gasteiger partial charge on any atom is -0.493 e. The maximum atomic E-state index is 12.4. The molecule has 0 saturated heterocycles. The van der Waals surface area contributed by atoms with Crippen LogP contribution in [0.25, 0.3) is 0 Å². The molecule has 1 unspecified atom stereocenters. The number of carbonyl (C=O) groups is 1. The maximum Gasteiger partial charge on any atom is 0.422 e. The Morgan fingerprint density at radius 2 is 2.10 bits per heavy atom. The molecule has 0 radical (unpaired) electrons. The van der Waals surface area contributed by atoms with E-state index in [1.54, 1.807) is 31.2 Å². The van der Waals surface area contributed by atoms with Gasteiger partial charge in [-0.3, -0.25) is 9.78 Å². The molecule has 1 saturated carbocycles. The largest absolute Gasteiger partial charge is 0.493 e. The Balaban J connectivity index is 1.44. The SMILES string of the molecule is CC(NC(=O)[C@@H]1C[C@H]1COc1cccc(C#N)c1)c1ccc(OCC(F)(F)F)cn1. The van der Waals surface area contributed by atoms with E-state index in [9.17, 15) is 18.0 Å². The lowest BCUT2D eigenvalue weighted by Gasteiger charge is -2.14. The first kappa shape index (κ1) is 21.4. The molecule has 1 fully saturated rings. The molecule has 0 spiro atoms. The number of carbonyl (C=O) groups excluding carboxylic acids is 1. The highest BCUT2D eigenvalue weighted by Gasteiger charge is 2.43. The number of benzene rings is 1. The van der Waals surface area contributed by atoms with E-state index >= 15 is 0 Å². The van der Waals surface area contributed by atoms with Crippen molar-refractivity contribution in [2.24, 2.45) is 11.8 Å². The molecule has 3 atom stereocenters. The van der Waals surface area contributed by atoms with E-state index in [1.807, 2.05) is 6.07 Å². The number of nitrogens with zero attached hydrogens (tertiary/aromatic N) is 2. The summed E-state index contributed by atoms with van der Waals surface area (Å²) in [5.74, 6) is 0.399. The van der Waals surface area contributed by atoms with Crippen molar-refractivity contribution in [1.29, 1.82) is 5.26 Å². The van der Waals surface area contributed by atoms with Crippen LogP contribution in [0.5, 0.6) is 11.5 Å². The summed E-state index contributed by atoms with van der Waals surface area (Å²) in [6.07, 6.45) is -2.51. The summed E-state index contributed by atoms with van der Waals surface area (Å²) in [4.78, 5) is 16.5. The van der Waals surface area contributed by atoms with Crippen molar-refractivity contribution >= 4 is 5.91 Å². The van der Waals surface area contributed by atoms with Gasteiger partial charge in [-0.1, -0.05) is 6.07 Å². The Labute approximate surface area is 171 Å². The average Bonchev–Trinajstić information content (AvgIpc) is 3.50. The summed E-state index contributed by atoms with van der Waals surface area (Å²) < 4.78 is 46.8. The van der Waals surface area contributed by atoms with Crippen LogP contribution in [-0.4, -0.2) is 30.3 Å². The molecule has 0 bridgehead atoms. The molecule has 1 N–H and O–H groups in total. The van der Waals surface area contributed by atoms with E-state index < -0.39 is 18.8 Å². The first-order chi connectivity index (χ1) is 14.2. The molecular formula is C21H20F3N3O3. The first-order valence-corrected chi connectivity index (χ1v) is 9.34. The van der Waals surface area contributed by atoms with E-state index in [4.69, 9.17) is 10.00 Å². The molecule has 0 aliphatic heterocycles. The van der Waals surface area contributed by atoms with Crippen molar-refractivity contribution in [1.82, 2.24) is 10.3 Å². The van der Waals surface area contributed by atoms with Crippen LogP contribution in [-0.2, 0) is 4.79 Å². The molecule has 9 heteroatoms. The van der Waals surface area contributed by atoms with Crippen LogP contribution in [0.1, 0.15) is 30.6 Å². The third-order valence-corrected chi connectivity index (χ3v) is 4.65. The molecule has 3 rings (SSSR count). The lowest BCUT2D eigenvalue weighted by atomic mass is 10.2. The molecule has 1 amide bonds. The molecule has 1 aliphatic rings. The molecule has 6 nitrogen and oxygen atoms in total. The summed E-state index contributed by atoms with van der Waals surface area (Å²) in [7, 11) is 0. The van der Waals surface area contributed by atoms with Crippen LogP contribution in [0.4, 0.5) is 13.2 Å². The van der Waals surface area contributed by atoms with E-state index in [0.717, 1.165) is 0 Å². The number of aromatic nitrogens is 1. The fourth-order valence-corrected chi connectivity index (χ4v) is 2.90. The van der Waals surface area contributed by atoms with E-state index in [2.05, 4.69) is 15.0 Å². The Hall–Kier alpha value is -3.28. The van der Waals surface area contributed by atoms with Gasteiger partial charge in [0.1, 0.15) is 11.5 Å². The molecule has 2 aromatic rings. The van der Waals surface area contributed by atoms with Crippen LogP contribution in [0.2, 0.25) is 0 Å². The number of ether oxygens (including phenoxy) is 2. The third kappa shape index (κ3) is 6.11. The van der Waals surface area contributed by atoms with Gasteiger partial charge < -0.3 is 14.8 Å². The minimum atomic E-state index is -4.41. The zero-order chi connectivity index (χ0) is 21.7. The highest BCUT2D eigenvalue weighted by atomic mass is 19.4. The molecule has 1 aliphatic carbocycles. The summed E-state index contributed by atoms with van der Waals surface area (Å²) >= 11 is 0. The number of halogens is 3. The lowest BCUT2D eigenvalue weighted by Crippen LogP contribution is -2.29. The summed E-state index contributed by atoms with van der Waals surface area (Å²) in [5.41, 5.74) is 1.03. The third-order valence-electron chi connectivity index (χ3n) is 4.65. The zero-order valence-corrected chi connectivity index (χ0v) is 16.1. The standard InChI is InChI=1S/C21H20F3N3O3/c1-13(19-6-5-17(10-26-19)30-12-21(22,23)24)27-20(28)18-8-15(18)11-29-16-4-2-3-14(7-16)9-25/h2-7,10,13,15,18H,8,11-12H2,1H3,(H,27,28)/t13?,15-,18+/m0/s1. The minimum absolute atomic E-state index is 0.00877. The predicted octanol–water partition coefficient (Wildman–Crippen LogP) is 3.79. The number of nitriles is 1. The van der Waals surface area contributed by atoms with E-state index in [1.165, 1.54) is 18.3 Å². The summed E-state index contributed by atoms with van der Waals surface area (Å²) in [6.45, 7) is 0.745. The molecule has 158 valence electrons. The topological polar surface area (TPSA) is 84.2 Å². The Kier molecular flexibility index (Phi) is 6.45. The van der Waals surface area contributed by atoms with Gasteiger partial charge in [0.2, 0.25) is 5.91 Å². The lowest BCUT2D eigenvalue weighted by molar-refractivity contribution is -0.153. The summed E-state index contributed by atoms with van der Waals surface area (Å²) in [6, 6.07) is 11.4. The number of rotatable bonds is 8. The highest BCUT2D eigenvalue weighted by Crippen LogP contribution is 2.39. The van der Waals surface area contributed by atoms with Gasteiger partial charge in [0.15, 0.2) is 6.61 Å². The van der Waals surface area contributed by atoms with E-state index in [-0.39, 0.29) is 23.5 Å². The van der Waals surface area contributed by atoms with Gasteiger partial charge in [0, 0.05) is 11.8 Å². The van der Waals surface area contributed by atoms with Crippen LogP contribution >= 0.6 is 0 Å². The van der Waals surface area contributed by atoms with Crippen molar-refractivity contribution in [3.05, 3.63) is 53.9 Å². The van der Waals surface area contributed by atoms with Crippen molar-refractivity contribution in [3.8, 4) is 17.6 Å². The number of hydrogen-bond acceptors (Lipinski definition) is 5. The van der Waals surface area contributed by atoms with Crippen molar-refractivity contribution < 1.29 is 27.4 Å². The fraction of sp³-hybridized carbons (Fsp3) is 0.381. The fourth-order valence-electron chi connectivity index (χ4n) is 2.90. The van der Waals surface area contributed by atoms with Gasteiger partial charge in [-0.2, -0.15) is 18.4 Å². The molecule has 30 heavy (non-hydrogen) atoms. The average molecular weight is 419 g/mol. The van der Waals surface area contributed by atoms with Crippen molar-refractivity contribution in [2.75, 3.05) is 13.2 Å². The van der Waals surface area contributed by atoms with Gasteiger partial charge in [-0.15, -0.1) is 0 Å². The van der Waals surface area contributed by atoms with Crippen LogP contribution in [0, 0.1) is 23.2 Å². The number of alkyl halides is 3. The predicted molar refractivity (Wildman–Crippen MR) is 101 cm³/mol. The summed E-state index contributed by atoms with van der Waals surface area (Å²) in [5, 5.41) is 11.8. The first-order valence-electron chi connectivity index (χ1n) is 9.34. The second-order valence-electron chi connectivity index (χ2n) is 7.11.